The molecule has 2 aromatic rings. The second-order valence-corrected chi connectivity index (χ2v) is 9.30. The summed E-state index contributed by atoms with van der Waals surface area (Å²) in [5, 5.41) is 9.54. The van der Waals surface area contributed by atoms with E-state index in [1.807, 2.05) is 38.6 Å². The fourth-order valence-corrected chi connectivity index (χ4v) is 4.76. The average Bonchev–Trinajstić information content (AvgIpc) is 3.29. The maximum absolute atomic E-state index is 11.6. The van der Waals surface area contributed by atoms with Crippen LogP contribution >= 0.6 is 0 Å². The number of rotatable bonds is 10. The van der Waals surface area contributed by atoms with E-state index in [0.29, 0.717) is 12.3 Å². The standard InChI is InChI=1S/C25H35N3O3/c1-25(2,23(31-26)24(29)30)14-13-21(20-11-7-4-8-12-20)22(28-16-15-27-18-28)17-19-9-5-3-6-10-19/h3,5-6,9-10,13,15-16,18,20,22-23H,4,7-8,11-12,14,17,26H2,1-2H3,(H,29,30). The third kappa shape index (κ3) is 6.05. The first-order valence-electron chi connectivity index (χ1n) is 11.2. The monoisotopic (exact) mass is 425 g/mol. The molecule has 0 radical (unpaired) electrons. The van der Waals surface area contributed by atoms with Gasteiger partial charge in [-0.05, 0) is 42.7 Å². The number of allylic oxidation sites excluding steroid dienone is 2. The number of aliphatic carboxylic acids is 1. The number of benzene rings is 1. The van der Waals surface area contributed by atoms with Crippen molar-refractivity contribution in [2.75, 3.05) is 0 Å². The minimum atomic E-state index is -1.06. The number of carboxylic acids is 1. The summed E-state index contributed by atoms with van der Waals surface area (Å²) < 4.78 is 2.19. The van der Waals surface area contributed by atoms with Crippen molar-refractivity contribution in [3.05, 3.63) is 66.3 Å². The molecule has 0 aliphatic heterocycles. The number of carbonyl (C=O) groups is 1. The molecule has 1 aromatic carbocycles. The molecular weight excluding hydrogens is 390 g/mol. The number of carboxylic acid groups (broad SMARTS) is 1. The maximum Gasteiger partial charge on any atom is 0.335 e. The molecule has 3 rings (SSSR count). The quantitative estimate of drug-likeness (QED) is 0.416. The van der Waals surface area contributed by atoms with Crippen LogP contribution in [0.15, 0.2) is 60.7 Å². The number of nitrogens with zero attached hydrogens (tertiary/aromatic N) is 2. The molecule has 6 nitrogen and oxygen atoms in total. The van der Waals surface area contributed by atoms with E-state index in [2.05, 4.69) is 39.9 Å². The number of hydrogen-bond acceptors (Lipinski definition) is 4. The van der Waals surface area contributed by atoms with Crippen molar-refractivity contribution >= 4 is 5.97 Å². The highest BCUT2D eigenvalue weighted by molar-refractivity contribution is 5.73. The largest absolute Gasteiger partial charge is 0.479 e. The van der Waals surface area contributed by atoms with Crippen molar-refractivity contribution in [2.45, 2.75) is 70.9 Å². The smallest absolute Gasteiger partial charge is 0.335 e. The van der Waals surface area contributed by atoms with Gasteiger partial charge in [0.05, 0.1) is 12.4 Å². The summed E-state index contributed by atoms with van der Waals surface area (Å²) in [6.45, 7) is 3.80. The van der Waals surface area contributed by atoms with Gasteiger partial charge in [0.15, 0.2) is 6.10 Å². The molecule has 1 aliphatic rings. The Balaban J connectivity index is 1.96. The molecule has 1 aromatic heterocycles. The van der Waals surface area contributed by atoms with Gasteiger partial charge >= 0.3 is 5.97 Å². The van der Waals surface area contributed by atoms with Crippen molar-refractivity contribution in [2.24, 2.45) is 17.2 Å². The topological polar surface area (TPSA) is 90.4 Å². The van der Waals surface area contributed by atoms with Gasteiger partial charge in [-0.2, -0.15) is 0 Å². The van der Waals surface area contributed by atoms with Crippen molar-refractivity contribution in [1.82, 2.24) is 9.55 Å². The van der Waals surface area contributed by atoms with Crippen LogP contribution in [-0.2, 0) is 16.1 Å². The molecule has 2 atom stereocenters. The number of nitrogens with two attached hydrogens (primary N) is 1. The molecule has 0 saturated heterocycles. The second-order valence-electron chi connectivity index (χ2n) is 9.30. The van der Waals surface area contributed by atoms with Crippen LogP contribution in [0, 0.1) is 11.3 Å². The minimum absolute atomic E-state index is 0.144. The van der Waals surface area contributed by atoms with Gasteiger partial charge < -0.3 is 9.67 Å². The summed E-state index contributed by atoms with van der Waals surface area (Å²) >= 11 is 0. The minimum Gasteiger partial charge on any atom is -0.479 e. The summed E-state index contributed by atoms with van der Waals surface area (Å²) in [5.74, 6) is 4.79. The van der Waals surface area contributed by atoms with Gasteiger partial charge in [0.2, 0.25) is 0 Å². The van der Waals surface area contributed by atoms with E-state index in [1.165, 1.54) is 43.2 Å². The van der Waals surface area contributed by atoms with E-state index >= 15 is 0 Å². The zero-order valence-electron chi connectivity index (χ0n) is 18.6. The second kappa shape index (κ2) is 10.7. The van der Waals surface area contributed by atoms with Crippen LogP contribution in [0.3, 0.4) is 0 Å². The SMILES string of the molecule is CC(C)(CC=C(C1CCCCC1)C(Cc1ccccc1)n1ccnc1)C(ON)C(=O)O. The lowest BCUT2D eigenvalue weighted by molar-refractivity contribution is -0.159. The molecule has 31 heavy (non-hydrogen) atoms. The van der Waals surface area contributed by atoms with Crippen molar-refractivity contribution < 1.29 is 14.7 Å². The molecular formula is C25H35N3O3. The molecule has 168 valence electrons. The third-order valence-corrected chi connectivity index (χ3v) is 6.55. The van der Waals surface area contributed by atoms with Gasteiger partial charge in [-0.25, -0.2) is 15.7 Å². The normalized spacial score (nSPS) is 18.0. The summed E-state index contributed by atoms with van der Waals surface area (Å²) in [6, 6.07) is 10.7. The molecule has 1 saturated carbocycles. The Kier molecular flexibility index (Phi) is 8.04. The van der Waals surface area contributed by atoms with Crippen LogP contribution in [0.5, 0.6) is 0 Å². The van der Waals surface area contributed by atoms with Gasteiger partial charge in [-0.15, -0.1) is 0 Å². The highest BCUT2D eigenvalue weighted by atomic mass is 16.6. The van der Waals surface area contributed by atoms with Crippen LogP contribution in [0.2, 0.25) is 0 Å². The van der Waals surface area contributed by atoms with Crippen molar-refractivity contribution in [3.63, 3.8) is 0 Å². The Labute approximate surface area is 185 Å². The molecule has 6 heteroatoms. The fraction of sp³-hybridized carbons (Fsp3) is 0.520. The predicted octanol–water partition coefficient (Wildman–Crippen LogP) is 4.93. The van der Waals surface area contributed by atoms with Gasteiger partial charge in [0.25, 0.3) is 0 Å². The Hall–Kier alpha value is -2.44. The van der Waals surface area contributed by atoms with E-state index in [9.17, 15) is 9.90 Å². The Bertz CT molecular complexity index is 840. The zero-order valence-corrected chi connectivity index (χ0v) is 18.6. The lowest BCUT2D eigenvalue weighted by Crippen LogP contribution is -2.40. The van der Waals surface area contributed by atoms with Crippen LogP contribution in [0.1, 0.15) is 64.0 Å². The van der Waals surface area contributed by atoms with Gasteiger partial charge in [-0.1, -0.05) is 69.5 Å². The first kappa shape index (κ1) is 23.2. The highest BCUT2D eigenvalue weighted by Gasteiger charge is 2.36. The Morgan fingerprint density at radius 3 is 2.58 bits per heavy atom. The van der Waals surface area contributed by atoms with Gasteiger partial charge in [0.1, 0.15) is 0 Å². The van der Waals surface area contributed by atoms with Gasteiger partial charge in [0, 0.05) is 17.8 Å². The van der Waals surface area contributed by atoms with E-state index in [-0.39, 0.29) is 6.04 Å². The maximum atomic E-state index is 11.6. The molecule has 0 bridgehead atoms. The van der Waals surface area contributed by atoms with Crippen LogP contribution in [0.25, 0.3) is 0 Å². The lowest BCUT2D eigenvalue weighted by Gasteiger charge is -2.33. The van der Waals surface area contributed by atoms with Crippen LogP contribution in [0.4, 0.5) is 0 Å². The molecule has 2 unspecified atom stereocenters. The summed E-state index contributed by atoms with van der Waals surface area (Å²) in [4.78, 5) is 20.8. The highest BCUT2D eigenvalue weighted by Crippen LogP contribution is 2.39. The molecule has 3 N–H and O–H groups in total. The first-order chi connectivity index (χ1) is 14.9. The average molecular weight is 426 g/mol. The Morgan fingerprint density at radius 2 is 2.00 bits per heavy atom. The predicted molar refractivity (Wildman–Crippen MR) is 121 cm³/mol. The third-order valence-electron chi connectivity index (χ3n) is 6.55. The zero-order chi connectivity index (χ0) is 22.3. The number of imidazole rings is 1. The fourth-order valence-electron chi connectivity index (χ4n) is 4.76. The summed E-state index contributed by atoms with van der Waals surface area (Å²) in [7, 11) is 0. The number of aromatic nitrogens is 2. The summed E-state index contributed by atoms with van der Waals surface area (Å²) in [6.07, 6.45) is 14.5. The van der Waals surface area contributed by atoms with E-state index in [0.717, 1.165) is 6.42 Å². The van der Waals surface area contributed by atoms with Crippen LogP contribution < -0.4 is 5.90 Å². The Morgan fingerprint density at radius 1 is 1.29 bits per heavy atom. The van der Waals surface area contributed by atoms with Gasteiger partial charge in [-0.3, -0.25) is 4.84 Å². The molecule has 1 fully saturated rings. The molecule has 0 amide bonds. The number of hydrogen-bond donors (Lipinski definition) is 2. The van der Waals surface area contributed by atoms with E-state index in [1.54, 1.807) is 0 Å². The first-order valence-corrected chi connectivity index (χ1v) is 11.2. The molecule has 0 spiro atoms. The van der Waals surface area contributed by atoms with E-state index < -0.39 is 17.5 Å². The summed E-state index contributed by atoms with van der Waals surface area (Å²) in [5.41, 5.74) is 2.01. The lowest BCUT2D eigenvalue weighted by atomic mass is 9.76. The van der Waals surface area contributed by atoms with Crippen molar-refractivity contribution in [1.29, 1.82) is 0 Å². The van der Waals surface area contributed by atoms with E-state index in [4.69, 9.17) is 10.7 Å². The van der Waals surface area contributed by atoms with Crippen LogP contribution in [-0.4, -0.2) is 26.7 Å². The molecule has 1 heterocycles. The molecule has 1 aliphatic carbocycles. The van der Waals surface area contributed by atoms with Crippen molar-refractivity contribution in [3.8, 4) is 0 Å².